The first kappa shape index (κ1) is 20.4. The molecule has 2 aromatic rings. The van der Waals surface area contributed by atoms with Gasteiger partial charge in [-0.15, -0.1) is 0 Å². The Labute approximate surface area is 170 Å². The van der Waals surface area contributed by atoms with Crippen LogP contribution in [0, 0.1) is 6.92 Å². The first-order valence-electron chi connectivity index (χ1n) is 9.56. The fourth-order valence-corrected chi connectivity index (χ4v) is 4.52. The molecule has 6 heteroatoms. The van der Waals surface area contributed by atoms with Gasteiger partial charge in [0, 0.05) is 21.9 Å². The zero-order valence-corrected chi connectivity index (χ0v) is 17.0. The van der Waals surface area contributed by atoms with E-state index in [1.807, 2.05) is 67.3 Å². The third-order valence-electron chi connectivity index (χ3n) is 5.06. The van der Waals surface area contributed by atoms with Crippen molar-refractivity contribution in [3.05, 3.63) is 59.7 Å². The number of hydrogen-bond acceptors (Lipinski definition) is 4. The van der Waals surface area contributed by atoms with E-state index in [4.69, 9.17) is 5.11 Å². The average Bonchev–Trinajstić information content (AvgIpc) is 2.63. The number of carboxylic acid groups (broad SMARTS) is 1. The molecule has 0 spiro atoms. The lowest BCUT2D eigenvalue weighted by Gasteiger charge is -2.42. The van der Waals surface area contributed by atoms with Crippen LogP contribution in [0.25, 0.3) is 0 Å². The van der Waals surface area contributed by atoms with Crippen LogP contribution in [0.4, 0.5) is 0 Å². The number of benzene rings is 2. The molecule has 0 heterocycles. The standard InChI is InChI=1S/C22H26N2O3S/c1-3-24(14-21(25)26)17-12-16(13-17)23-22(27)19-10-9-15(2)11-20(19)28-18-7-5-4-6-8-18/h4-11,16-17H,3,12-14H2,1-2H3,(H,23,27)(H,25,26). The highest BCUT2D eigenvalue weighted by molar-refractivity contribution is 7.99. The minimum atomic E-state index is -0.809. The Morgan fingerprint density at radius 3 is 2.54 bits per heavy atom. The number of aliphatic carboxylic acids is 1. The third kappa shape index (κ3) is 5.14. The van der Waals surface area contributed by atoms with Gasteiger partial charge in [-0.05, 0) is 56.1 Å². The maximum Gasteiger partial charge on any atom is 0.317 e. The Morgan fingerprint density at radius 1 is 1.18 bits per heavy atom. The highest BCUT2D eigenvalue weighted by Crippen LogP contribution is 2.32. The van der Waals surface area contributed by atoms with Gasteiger partial charge < -0.3 is 10.4 Å². The summed E-state index contributed by atoms with van der Waals surface area (Å²) in [6.45, 7) is 4.74. The van der Waals surface area contributed by atoms with E-state index in [9.17, 15) is 9.59 Å². The van der Waals surface area contributed by atoms with Crippen molar-refractivity contribution in [2.45, 2.75) is 48.6 Å². The lowest BCUT2D eigenvalue weighted by molar-refractivity contribution is -0.139. The quantitative estimate of drug-likeness (QED) is 0.708. The molecule has 3 rings (SSSR count). The molecule has 2 aromatic carbocycles. The molecule has 0 aliphatic heterocycles. The summed E-state index contributed by atoms with van der Waals surface area (Å²) in [5, 5.41) is 12.1. The van der Waals surface area contributed by atoms with Gasteiger partial charge in [-0.2, -0.15) is 0 Å². The van der Waals surface area contributed by atoms with E-state index >= 15 is 0 Å². The van der Waals surface area contributed by atoms with Crippen LogP contribution in [0.3, 0.4) is 0 Å². The van der Waals surface area contributed by atoms with Crippen molar-refractivity contribution < 1.29 is 14.7 Å². The molecule has 148 valence electrons. The van der Waals surface area contributed by atoms with Gasteiger partial charge in [-0.25, -0.2) is 0 Å². The van der Waals surface area contributed by atoms with Gasteiger partial charge in [0.05, 0.1) is 12.1 Å². The normalized spacial score (nSPS) is 18.5. The predicted molar refractivity (Wildman–Crippen MR) is 111 cm³/mol. The second-order valence-electron chi connectivity index (χ2n) is 7.17. The molecule has 1 aliphatic carbocycles. The lowest BCUT2D eigenvalue weighted by Crippen LogP contribution is -2.54. The minimum absolute atomic E-state index is 0.0532. The summed E-state index contributed by atoms with van der Waals surface area (Å²) < 4.78 is 0. The van der Waals surface area contributed by atoms with E-state index in [-0.39, 0.29) is 24.5 Å². The van der Waals surface area contributed by atoms with E-state index in [0.29, 0.717) is 12.1 Å². The molecule has 0 saturated heterocycles. The van der Waals surface area contributed by atoms with E-state index < -0.39 is 5.97 Å². The fraction of sp³-hybridized carbons (Fsp3) is 0.364. The summed E-state index contributed by atoms with van der Waals surface area (Å²) in [7, 11) is 0. The molecule has 5 nitrogen and oxygen atoms in total. The molecular weight excluding hydrogens is 372 g/mol. The monoisotopic (exact) mass is 398 g/mol. The van der Waals surface area contributed by atoms with Crippen LogP contribution < -0.4 is 5.32 Å². The van der Waals surface area contributed by atoms with Crippen molar-refractivity contribution in [1.82, 2.24) is 10.2 Å². The van der Waals surface area contributed by atoms with Crippen molar-refractivity contribution in [1.29, 1.82) is 0 Å². The second kappa shape index (κ2) is 9.26. The topological polar surface area (TPSA) is 69.6 Å². The van der Waals surface area contributed by atoms with Gasteiger partial charge >= 0.3 is 5.97 Å². The van der Waals surface area contributed by atoms with E-state index in [1.54, 1.807) is 11.8 Å². The number of aryl methyl sites for hydroxylation is 1. The highest BCUT2D eigenvalue weighted by atomic mass is 32.2. The number of nitrogens with zero attached hydrogens (tertiary/aromatic N) is 1. The molecule has 0 bridgehead atoms. The van der Waals surface area contributed by atoms with Crippen molar-refractivity contribution in [3.8, 4) is 0 Å². The number of likely N-dealkylation sites (N-methyl/N-ethyl adjacent to an activating group) is 1. The molecule has 1 amide bonds. The molecule has 0 unspecified atom stereocenters. The zero-order chi connectivity index (χ0) is 20.1. The summed E-state index contributed by atoms with van der Waals surface area (Å²) in [6, 6.07) is 16.2. The highest BCUT2D eigenvalue weighted by Gasteiger charge is 2.35. The molecule has 0 atom stereocenters. The van der Waals surface area contributed by atoms with Crippen LogP contribution in [-0.4, -0.2) is 47.1 Å². The summed E-state index contributed by atoms with van der Waals surface area (Å²) in [5.74, 6) is -0.875. The number of amides is 1. The third-order valence-corrected chi connectivity index (χ3v) is 6.13. The van der Waals surface area contributed by atoms with Crippen molar-refractivity contribution in [3.63, 3.8) is 0 Å². The van der Waals surface area contributed by atoms with Crippen LogP contribution in [-0.2, 0) is 4.79 Å². The number of rotatable bonds is 8. The molecule has 28 heavy (non-hydrogen) atoms. The zero-order valence-electron chi connectivity index (χ0n) is 16.2. The van der Waals surface area contributed by atoms with Crippen LogP contribution in [0.1, 0.15) is 35.7 Å². The van der Waals surface area contributed by atoms with Crippen LogP contribution >= 0.6 is 11.8 Å². The smallest absolute Gasteiger partial charge is 0.317 e. The molecule has 1 fully saturated rings. The number of carboxylic acids is 1. The Kier molecular flexibility index (Phi) is 6.75. The lowest BCUT2D eigenvalue weighted by atomic mass is 9.85. The molecular formula is C22H26N2O3S. The van der Waals surface area contributed by atoms with Gasteiger partial charge in [0.1, 0.15) is 0 Å². The Balaban J connectivity index is 1.63. The van der Waals surface area contributed by atoms with E-state index in [1.165, 1.54) is 0 Å². The fourth-order valence-electron chi connectivity index (χ4n) is 3.46. The summed E-state index contributed by atoms with van der Waals surface area (Å²) in [5.41, 5.74) is 1.80. The van der Waals surface area contributed by atoms with Crippen LogP contribution in [0.5, 0.6) is 0 Å². The van der Waals surface area contributed by atoms with Crippen molar-refractivity contribution >= 4 is 23.6 Å². The maximum absolute atomic E-state index is 12.9. The molecule has 2 N–H and O–H groups in total. The maximum atomic E-state index is 12.9. The molecule has 1 saturated carbocycles. The van der Waals surface area contributed by atoms with Gasteiger partial charge in [-0.1, -0.05) is 43.0 Å². The van der Waals surface area contributed by atoms with E-state index in [0.717, 1.165) is 28.2 Å². The first-order valence-corrected chi connectivity index (χ1v) is 10.4. The summed E-state index contributed by atoms with van der Waals surface area (Å²) in [4.78, 5) is 27.8. The second-order valence-corrected chi connectivity index (χ2v) is 8.28. The Hall–Kier alpha value is -2.31. The Morgan fingerprint density at radius 2 is 1.89 bits per heavy atom. The van der Waals surface area contributed by atoms with Gasteiger partial charge in [0.25, 0.3) is 5.91 Å². The Bertz CT molecular complexity index is 835. The van der Waals surface area contributed by atoms with E-state index in [2.05, 4.69) is 5.32 Å². The number of hydrogen-bond donors (Lipinski definition) is 2. The number of nitrogens with one attached hydrogen (secondary N) is 1. The largest absolute Gasteiger partial charge is 0.480 e. The predicted octanol–water partition coefficient (Wildman–Crippen LogP) is 3.81. The molecule has 0 radical (unpaired) electrons. The molecule has 1 aliphatic rings. The minimum Gasteiger partial charge on any atom is -0.480 e. The summed E-state index contributed by atoms with van der Waals surface area (Å²) >= 11 is 1.59. The van der Waals surface area contributed by atoms with Gasteiger partial charge in [0.15, 0.2) is 0 Å². The number of carbonyl (C=O) groups is 2. The SMILES string of the molecule is CCN(CC(=O)O)C1CC(NC(=O)c2ccc(C)cc2Sc2ccccc2)C1. The summed E-state index contributed by atoms with van der Waals surface area (Å²) in [6.07, 6.45) is 1.58. The van der Waals surface area contributed by atoms with Crippen molar-refractivity contribution in [2.75, 3.05) is 13.1 Å². The van der Waals surface area contributed by atoms with Crippen LogP contribution in [0.15, 0.2) is 58.3 Å². The molecule has 0 aromatic heterocycles. The average molecular weight is 399 g/mol. The van der Waals surface area contributed by atoms with Crippen LogP contribution in [0.2, 0.25) is 0 Å². The van der Waals surface area contributed by atoms with Crippen molar-refractivity contribution in [2.24, 2.45) is 0 Å². The first-order chi connectivity index (χ1) is 13.5. The van der Waals surface area contributed by atoms with Gasteiger partial charge in [-0.3, -0.25) is 14.5 Å². The van der Waals surface area contributed by atoms with Gasteiger partial charge in [0.2, 0.25) is 0 Å². The number of carbonyl (C=O) groups excluding carboxylic acids is 1.